The molecule has 7 nitrogen and oxygen atoms in total. The first kappa shape index (κ1) is 16.5. The number of nitriles is 1. The molecule has 4 rings (SSSR count). The molecule has 1 saturated carbocycles. The van der Waals surface area contributed by atoms with Crippen LogP contribution in [0.15, 0.2) is 24.4 Å². The SMILES string of the molecule is Cc1cc(Nc2nc(N[C@H]3CC[C@H](CC#N)CC3)cc3[nH]ccc23)n[nH]1. The van der Waals surface area contributed by atoms with Crippen molar-refractivity contribution in [2.75, 3.05) is 10.6 Å². The van der Waals surface area contributed by atoms with Gasteiger partial charge in [0.05, 0.1) is 11.6 Å². The van der Waals surface area contributed by atoms with Gasteiger partial charge in [0.25, 0.3) is 0 Å². The van der Waals surface area contributed by atoms with Crippen LogP contribution in [0.3, 0.4) is 0 Å². The van der Waals surface area contributed by atoms with Gasteiger partial charge in [0.2, 0.25) is 0 Å². The van der Waals surface area contributed by atoms with Crippen LogP contribution in [0.5, 0.6) is 0 Å². The van der Waals surface area contributed by atoms with E-state index < -0.39 is 0 Å². The van der Waals surface area contributed by atoms with Crippen LogP contribution in [0.4, 0.5) is 17.5 Å². The van der Waals surface area contributed by atoms with Gasteiger partial charge >= 0.3 is 0 Å². The molecule has 134 valence electrons. The Morgan fingerprint density at radius 3 is 2.81 bits per heavy atom. The van der Waals surface area contributed by atoms with Crippen LogP contribution in [0.1, 0.15) is 37.8 Å². The summed E-state index contributed by atoms with van der Waals surface area (Å²) in [4.78, 5) is 8.05. The van der Waals surface area contributed by atoms with Gasteiger partial charge in [-0.1, -0.05) is 0 Å². The minimum atomic E-state index is 0.408. The van der Waals surface area contributed by atoms with Crippen LogP contribution in [0.25, 0.3) is 10.9 Å². The highest BCUT2D eigenvalue weighted by Crippen LogP contribution is 2.30. The summed E-state index contributed by atoms with van der Waals surface area (Å²) in [6.07, 6.45) is 6.97. The van der Waals surface area contributed by atoms with Gasteiger partial charge in [-0.15, -0.1) is 0 Å². The van der Waals surface area contributed by atoms with Crippen molar-refractivity contribution < 1.29 is 0 Å². The van der Waals surface area contributed by atoms with Gasteiger partial charge < -0.3 is 15.6 Å². The zero-order chi connectivity index (χ0) is 17.9. The van der Waals surface area contributed by atoms with Crippen LogP contribution in [-0.4, -0.2) is 26.2 Å². The summed E-state index contributed by atoms with van der Waals surface area (Å²) in [6, 6.07) is 8.73. The van der Waals surface area contributed by atoms with E-state index in [1.54, 1.807) is 0 Å². The lowest BCUT2D eigenvalue weighted by Gasteiger charge is -2.28. The molecule has 0 spiro atoms. The van der Waals surface area contributed by atoms with Gasteiger partial charge in [0.15, 0.2) is 5.82 Å². The van der Waals surface area contributed by atoms with E-state index in [2.05, 4.69) is 38.0 Å². The number of rotatable bonds is 5. The van der Waals surface area contributed by atoms with E-state index in [1.807, 2.05) is 25.3 Å². The molecule has 26 heavy (non-hydrogen) atoms. The van der Waals surface area contributed by atoms with Crippen LogP contribution in [-0.2, 0) is 0 Å². The van der Waals surface area contributed by atoms with Crippen molar-refractivity contribution in [1.29, 1.82) is 5.26 Å². The molecule has 3 aromatic heterocycles. The maximum absolute atomic E-state index is 8.86. The number of aromatic nitrogens is 4. The fourth-order valence-corrected chi connectivity index (χ4v) is 3.68. The highest BCUT2D eigenvalue weighted by Gasteiger charge is 2.21. The second-order valence-electron chi connectivity index (χ2n) is 7.08. The molecular formula is C19H23N7. The first-order valence-electron chi connectivity index (χ1n) is 9.12. The largest absolute Gasteiger partial charge is 0.367 e. The molecule has 3 aromatic rings. The topological polar surface area (TPSA) is 105 Å². The van der Waals surface area contributed by atoms with Crippen LogP contribution in [0, 0.1) is 24.2 Å². The Hall–Kier alpha value is -3.01. The Balaban J connectivity index is 1.52. The number of hydrogen-bond acceptors (Lipinski definition) is 5. The molecule has 0 bridgehead atoms. The second kappa shape index (κ2) is 7.08. The zero-order valence-electron chi connectivity index (χ0n) is 14.8. The number of nitrogens with zero attached hydrogens (tertiary/aromatic N) is 3. The smallest absolute Gasteiger partial charge is 0.153 e. The highest BCUT2D eigenvalue weighted by molar-refractivity contribution is 5.93. The maximum atomic E-state index is 8.86. The first-order chi connectivity index (χ1) is 12.7. The van der Waals surface area contributed by atoms with E-state index in [4.69, 9.17) is 10.2 Å². The van der Waals surface area contributed by atoms with E-state index in [-0.39, 0.29) is 0 Å². The van der Waals surface area contributed by atoms with Gasteiger partial charge in [0, 0.05) is 41.9 Å². The fourth-order valence-electron chi connectivity index (χ4n) is 3.68. The molecule has 0 unspecified atom stereocenters. The van der Waals surface area contributed by atoms with Crippen LogP contribution >= 0.6 is 0 Å². The molecule has 1 aliphatic carbocycles. The summed E-state index contributed by atoms with van der Waals surface area (Å²) in [7, 11) is 0. The summed E-state index contributed by atoms with van der Waals surface area (Å²) in [5.74, 6) is 2.96. The average Bonchev–Trinajstić information content (AvgIpc) is 3.26. The Bertz CT molecular complexity index is 925. The Morgan fingerprint density at radius 1 is 1.23 bits per heavy atom. The van der Waals surface area contributed by atoms with E-state index in [9.17, 15) is 0 Å². The standard InChI is InChI=1S/C19H23N7/c1-12-10-18(26-25-12)24-19-15-7-9-21-16(15)11-17(23-19)22-14-4-2-13(3-5-14)6-8-20/h7,9-11,13-14,21H,2-6H2,1H3,(H3,22,23,24,25,26)/t13-,14-. The van der Waals surface area contributed by atoms with Crippen molar-refractivity contribution in [2.45, 2.75) is 45.1 Å². The van der Waals surface area contributed by atoms with Crippen LogP contribution in [0.2, 0.25) is 0 Å². The molecule has 1 fully saturated rings. The summed E-state index contributed by atoms with van der Waals surface area (Å²) >= 11 is 0. The predicted molar refractivity (Wildman–Crippen MR) is 102 cm³/mol. The second-order valence-corrected chi connectivity index (χ2v) is 7.08. The third-order valence-electron chi connectivity index (χ3n) is 5.08. The minimum Gasteiger partial charge on any atom is -0.367 e. The van der Waals surface area contributed by atoms with Crippen molar-refractivity contribution in [3.63, 3.8) is 0 Å². The lowest BCUT2D eigenvalue weighted by molar-refractivity contribution is 0.342. The van der Waals surface area contributed by atoms with Crippen molar-refractivity contribution in [3.8, 4) is 6.07 Å². The van der Waals surface area contributed by atoms with Crippen LogP contribution < -0.4 is 10.6 Å². The number of anilines is 3. The Morgan fingerprint density at radius 2 is 2.08 bits per heavy atom. The van der Waals surface area contributed by atoms with Gasteiger partial charge in [-0.3, -0.25) is 5.10 Å². The van der Waals surface area contributed by atoms with Gasteiger partial charge in [0.1, 0.15) is 11.6 Å². The highest BCUT2D eigenvalue weighted by atomic mass is 15.2. The number of aryl methyl sites for hydroxylation is 1. The normalized spacial score (nSPS) is 20.0. The van der Waals surface area contributed by atoms with Crippen molar-refractivity contribution >= 4 is 28.4 Å². The maximum Gasteiger partial charge on any atom is 0.153 e. The van der Waals surface area contributed by atoms with E-state index >= 15 is 0 Å². The third kappa shape index (κ3) is 3.49. The zero-order valence-corrected chi connectivity index (χ0v) is 14.8. The molecule has 0 aromatic carbocycles. The molecule has 0 amide bonds. The number of pyridine rings is 1. The Kier molecular flexibility index (Phi) is 4.48. The van der Waals surface area contributed by atoms with E-state index in [1.165, 1.54) is 0 Å². The first-order valence-corrected chi connectivity index (χ1v) is 9.12. The molecule has 0 atom stereocenters. The summed E-state index contributed by atoms with van der Waals surface area (Å²) in [6.45, 7) is 1.97. The monoisotopic (exact) mass is 349 g/mol. The predicted octanol–water partition coefficient (Wildman–Crippen LogP) is 4.22. The number of hydrogen-bond donors (Lipinski definition) is 4. The van der Waals surface area contributed by atoms with Crippen molar-refractivity contribution in [2.24, 2.45) is 5.92 Å². The molecule has 0 radical (unpaired) electrons. The summed E-state index contributed by atoms with van der Waals surface area (Å²) in [5, 5.41) is 24.0. The molecular weight excluding hydrogens is 326 g/mol. The average molecular weight is 349 g/mol. The molecule has 4 N–H and O–H groups in total. The fraction of sp³-hybridized carbons (Fsp3) is 0.421. The Labute approximate surface area is 152 Å². The molecule has 7 heteroatoms. The van der Waals surface area contributed by atoms with Crippen molar-refractivity contribution in [1.82, 2.24) is 20.2 Å². The molecule has 0 aliphatic heterocycles. The lowest BCUT2D eigenvalue weighted by Crippen LogP contribution is -2.26. The minimum absolute atomic E-state index is 0.408. The summed E-state index contributed by atoms with van der Waals surface area (Å²) in [5.41, 5.74) is 2.04. The number of H-pyrrole nitrogens is 2. The third-order valence-corrected chi connectivity index (χ3v) is 5.08. The molecule has 1 aliphatic rings. The quantitative estimate of drug-likeness (QED) is 0.552. The molecule has 0 saturated heterocycles. The van der Waals surface area contributed by atoms with Gasteiger partial charge in [-0.05, 0) is 44.6 Å². The summed E-state index contributed by atoms with van der Waals surface area (Å²) < 4.78 is 0. The van der Waals surface area contributed by atoms with Gasteiger partial charge in [-0.2, -0.15) is 10.4 Å². The number of fused-ring (bicyclic) bond motifs is 1. The van der Waals surface area contributed by atoms with Gasteiger partial charge in [-0.25, -0.2) is 4.98 Å². The van der Waals surface area contributed by atoms with E-state index in [0.29, 0.717) is 18.4 Å². The number of nitrogens with one attached hydrogen (secondary N) is 4. The lowest BCUT2D eigenvalue weighted by atomic mass is 9.84. The van der Waals surface area contributed by atoms with Crippen molar-refractivity contribution in [3.05, 3.63) is 30.1 Å². The van der Waals surface area contributed by atoms with E-state index in [0.717, 1.165) is 59.7 Å². The molecule has 3 heterocycles. The number of aromatic amines is 2.